The lowest BCUT2D eigenvalue weighted by Crippen LogP contribution is -2.30. The Morgan fingerprint density at radius 3 is 2.28 bits per heavy atom. The molecule has 0 saturated carbocycles. The molecule has 0 aliphatic rings. The molecule has 7 nitrogen and oxygen atoms in total. The van der Waals surface area contributed by atoms with Crippen LogP contribution in [0.4, 0.5) is 5.69 Å². The normalized spacial score (nSPS) is 11.3. The van der Waals surface area contributed by atoms with E-state index in [1.165, 1.54) is 12.1 Å². The second-order valence-electron chi connectivity index (χ2n) is 6.44. The van der Waals surface area contributed by atoms with E-state index in [0.717, 1.165) is 32.4 Å². The molecule has 0 saturated heterocycles. The highest BCUT2D eigenvalue weighted by Crippen LogP contribution is 2.21. The van der Waals surface area contributed by atoms with Crippen LogP contribution in [0.1, 0.15) is 11.1 Å². The van der Waals surface area contributed by atoms with E-state index in [2.05, 4.69) is 26.3 Å². The Morgan fingerprint density at radius 1 is 1.03 bits per heavy atom. The third kappa shape index (κ3) is 4.63. The molecule has 3 aromatic rings. The first-order valence-corrected chi connectivity index (χ1v) is 10.9. The van der Waals surface area contributed by atoms with Gasteiger partial charge in [-0.15, -0.1) is 0 Å². The molecule has 9 heteroatoms. The summed E-state index contributed by atoms with van der Waals surface area (Å²) >= 11 is 3.25. The zero-order chi connectivity index (χ0) is 21.2. The number of hydrogen-bond donors (Lipinski definition) is 1. The number of halogens is 1. The molecule has 0 unspecified atom stereocenters. The largest absolute Gasteiger partial charge is 0.324 e. The van der Waals surface area contributed by atoms with Crippen molar-refractivity contribution in [3.63, 3.8) is 0 Å². The van der Waals surface area contributed by atoms with Gasteiger partial charge in [0.05, 0.1) is 4.90 Å². The second kappa shape index (κ2) is 8.30. The van der Waals surface area contributed by atoms with Gasteiger partial charge in [-0.2, -0.15) is 5.10 Å². The fourth-order valence-corrected chi connectivity index (χ4v) is 4.20. The summed E-state index contributed by atoms with van der Waals surface area (Å²) in [6.07, 6.45) is 0. The molecule has 1 N–H and O–H groups in total. The van der Waals surface area contributed by atoms with Crippen LogP contribution in [0.5, 0.6) is 0 Å². The number of hydrogen-bond acceptors (Lipinski definition) is 5. The summed E-state index contributed by atoms with van der Waals surface area (Å²) in [7, 11) is -3.93. The number of para-hydroxylation sites is 1. The Bertz CT molecular complexity index is 1220. The molecule has 1 heterocycles. The summed E-state index contributed by atoms with van der Waals surface area (Å²) in [6.45, 7) is 3.31. The van der Waals surface area contributed by atoms with Crippen molar-refractivity contribution < 1.29 is 13.2 Å². The van der Waals surface area contributed by atoms with E-state index in [4.69, 9.17) is 0 Å². The topological polar surface area (TPSA) is 98.1 Å². The standard InChI is InChI=1S/C20H18BrN3O4S/c1-13-4-3-5-14(2)20(13)22-17(25)12-24-19(26)11-10-18(23-24)29(27,28)16-8-6-15(21)7-9-16/h3-11H,12H2,1-2H3,(H,22,25). The molecule has 0 bridgehead atoms. The van der Waals surface area contributed by atoms with Crippen molar-refractivity contribution in [2.45, 2.75) is 30.3 Å². The molecule has 0 spiro atoms. The van der Waals surface area contributed by atoms with Gasteiger partial charge in [0, 0.05) is 16.2 Å². The van der Waals surface area contributed by atoms with E-state index in [1.54, 1.807) is 12.1 Å². The molecule has 150 valence electrons. The minimum Gasteiger partial charge on any atom is -0.324 e. The fraction of sp³-hybridized carbons (Fsp3) is 0.150. The Hall–Kier alpha value is -2.78. The number of sulfone groups is 1. The number of nitrogens with one attached hydrogen (secondary N) is 1. The maximum absolute atomic E-state index is 12.8. The predicted molar refractivity (Wildman–Crippen MR) is 113 cm³/mol. The average Bonchev–Trinajstić information content (AvgIpc) is 2.67. The van der Waals surface area contributed by atoms with Crippen LogP contribution < -0.4 is 10.9 Å². The zero-order valence-corrected chi connectivity index (χ0v) is 18.1. The highest BCUT2D eigenvalue weighted by molar-refractivity contribution is 9.10. The van der Waals surface area contributed by atoms with Gasteiger partial charge in [0.1, 0.15) is 6.54 Å². The lowest BCUT2D eigenvalue weighted by molar-refractivity contribution is -0.117. The van der Waals surface area contributed by atoms with Crippen LogP contribution in [0.25, 0.3) is 0 Å². The molecule has 1 aromatic heterocycles. The van der Waals surface area contributed by atoms with Gasteiger partial charge in [-0.05, 0) is 55.3 Å². The number of nitrogens with zero attached hydrogens (tertiary/aromatic N) is 2. The van der Waals surface area contributed by atoms with Gasteiger partial charge in [-0.3, -0.25) is 9.59 Å². The van der Waals surface area contributed by atoms with E-state index in [1.807, 2.05) is 32.0 Å². The maximum atomic E-state index is 12.8. The van der Waals surface area contributed by atoms with Gasteiger partial charge in [-0.1, -0.05) is 34.1 Å². The van der Waals surface area contributed by atoms with Crippen LogP contribution in [0, 0.1) is 13.8 Å². The Kier molecular flexibility index (Phi) is 5.99. The first kappa shape index (κ1) is 20.9. The number of carbonyl (C=O) groups excluding carboxylic acids is 1. The van der Waals surface area contributed by atoms with Gasteiger partial charge in [0.15, 0.2) is 5.03 Å². The monoisotopic (exact) mass is 475 g/mol. The third-order valence-electron chi connectivity index (χ3n) is 4.28. The van der Waals surface area contributed by atoms with Crippen LogP contribution in [-0.2, 0) is 21.2 Å². The van der Waals surface area contributed by atoms with Crippen LogP contribution >= 0.6 is 15.9 Å². The number of carbonyl (C=O) groups is 1. The van der Waals surface area contributed by atoms with E-state index in [9.17, 15) is 18.0 Å². The van der Waals surface area contributed by atoms with Crippen LogP contribution in [0.15, 0.2) is 73.8 Å². The van der Waals surface area contributed by atoms with E-state index in [0.29, 0.717) is 5.69 Å². The SMILES string of the molecule is Cc1cccc(C)c1NC(=O)Cn1nc(S(=O)(=O)c2ccc(Br)cc2)ccc1=O. The van der Waals surface area contributed by atoms with Crippen molar-refractivity contribution in [1.82, 2.24) is 9.78 Å². The van der Waals surface area contributed by atoms with Gasteiger partial charge in [-0.25, -0.2) is 13.1 Å². The summed E-state index contributed by atoms with van der Waals surface area (Å²) < 4.78 is 27.1. The van der Waals surface area contributed by atoms with Crippen molar-refractivity contribution in [2.24, 2.45) is 0 Å². The van der Waals surface area contributed by atoms with Gasteiger partial charge >= 0.3 is 0 Å². The highest BCUT2D eigenvalue weighted by atomic mass is 79.9. The minimum absolute atomic E-state index is 0.0402. The second-order valence-corrected chi connectivity index (χ2v) is 9.25. The van der Waals surface area contributed by atoms with Gasteiger partial charge in [0.2, 0.25) is 15.7 Å². The molecular formula is C20H18BrN3O4S. The summed E-state index contributed by atoms with van der Waals surface area (Å²) in [5.74, 6) is -0.477. The number of aromatic nitrogens is 2. The van der Waals surface area contributed by atoms with E-state index < -0.39 is 27.8 Å². The Labute approximate surface area is 176 Å². The number of anilines is 1. The number of amides is 1. The molecule has 0 aliphatic heterocycles. The quantitative estimate of drug-likeness (QED) is 0.611. The molecule has 0 fully saturated rings. The summed E-state index contributed by atoms with van der Waals surface area (Å²) in [5.41, 5.74) is 1.84. The van der Waals surface area contributed by atoms with Crippen LogP contribution in [-0.4, -0.2) is 24.1 Å². The predicted octanol–water partition coefficient (Wildman–Crippen LogP) is 3.09. The van der Waals surface area contributed by atoms with Crippen LogP contribution in [0.3, 0.4) is 0 Å². The molecule has 29 heavy (non-hydrogen) atoms. The molecule has 0 atom stereocenters. The zero-order valence-electron chi connectivity index (χ0n) is 15.7. The van der Waals surface area contributed by atoms with Crippen molar-refractivity contribution in [3.8, 4) is 0 Å². The number of aryl methyl sites for hydroxylation is 2. The lowest BCUT2D eigenvalue weighted by atomic mass is 10.1. The van der Waals surface area contributed by atoms with Crippen molar-refractivity contribution in [3.05, 3.63) is 80.6 Å². The highest BCUT2D eigenvalue weighted by Gasteiger charge is 2.21. The summed E-state index contributed by atoms with van der Waals surface area (Å²) in [6, 6.07) is 13.9. The molecule has 0 radical (unpaired) electrons. The summed E-state index contributed by atoms with van der Waals surface area (Å²) in [4.78, 5) is 24.6. The molecule has 0 aliphatic carbocycles. The first-order chi connectivity index (χ1) is 13.7. The van der Waals surface area contributed by atoms with Crippen LogP contribution in [0.2, 0.25) is 0 Å². The van der Waals surface area contributed by atoms with Gasteiger partial charge < -0.3 is 5.32 Å². The minimum atomic E-state index is -3.93. The Balaban J connectivity index is 1.89. The molecular weight excluding hydrogens is 458 g/mol. The Morgan fingerprint density at radius 2 is 1.66 bits per heavy atom. The molecule has 1 amide bonds. The lowest BCUT2D eigenvalue weighted by Gasteiger charge is -2.12. The van der Waals surface area contributed by atoms with E-state index in [-0.39, 0.29) is 9.92 Å². The number of benzene rings is 2. The smallest absolute Gasteiger partial charge is 0.267 e. The third-order valence-corrected chi connectivity index (χ3v) is 6.47. The fourth-order valence-electron chi connectivity index (χ4n) is 2.75. The van der Waals surface area contributed by atoms with Crippen molar-refractivity contribution in [1.29, 1.82) is 0 Å². The van der Waals surface area contributed by atoms with Gasteiger partial charge in [0.25, 0.3) is 5.56 Å². The van der Waals surface area contributed by atoms with Crippen molar-refractivity contribution in [2.75, 3.05) is 5.32 Å². The first-order valence-electron chi connectivity index (χ1n) is 8.63. The average molecular weight is 476 g/mol. The maximum Gasteiger partial charge on any atom is 0.267 e. The molecule has 3 rings (SSSR count). The van der Waals surface area contributed by atoms with Crippen molar-refractivity contribution >= 4 is 37.4 Å². The number of rotatable bonds is 5. The van der Waals surface area contributed by atoms with E-state index >= 15 is 0 Å². The summed E-state index contributed by atoms with van der Waals surface area (Å²) in [5, 5.41) is 6.36. The molecule has 2 aromatic carbocycles.